The molecule has 0 fully saturated rings. The van der Waals surface area contributed by atoms with Gasteiger partial charge in [-0.05, 0) is 13.8 Å². The number of ether oxygens (including phenoxy) is 1. The van der Waals surface area contributed by atoms with Crippen LogP contribution >= 0.6 is 23.1 Å². The Morgan fingerprint density at radius 1 is 1.35 bits per heavy atom. The maximum Gasteiger partial charge on any atom is 0.306 e. The third-order valence-corrected chi connectivity index (χ3v) is 3.81. The number of aromatic nitrogens is 2. The van der Waals surface area contributed by atoms with Crippen molar-refractivity contribution < 1.29 is 14.3 Å². The van der Waals surface area contributed by atoms with Crippen LogP contribution < -0.4 is 0 Å². The molecule has 0 saturated carbocycles. The molecule has 1 rings (SSSR count). The first-order chi connectivity index (χ1) is 8.11. The van der Waals surface area contributed by atoms with E-state index < -0.39 is 0 Å². The molecule has 5 nitrogen and oxygen atoms in total. The number of hydrogen-bond donors (Lipinski definition) is 0. The lowest BCUT2D eigenvalue weighted by molar-refractivity contribution is -0.144. The normalized spacial score (nSPS) is 10.2. The molecule has 0 amide bonds. The van der Waals surface area contributed by atoms with Crippen molar-refractivity contribution >= 4 is 34.9 Å². The van der Waals surface area contributed by atoms with Crippen molar-refractivity contribution in [2.24, 2.45) is 0 Å². The molecule has 0 radical (unpaired) electrons. The highest BCUT2D eigenvalue weighted by Crippen LogP contribution is 2.22. The summed E-state index contributed by atoms with van der Waals surface area (Å²) in [7, 11) is 0. The summed E-state index contributed by atoms with van der Waals surface area (Å²) in [6, 6.07) is 0. The summed E-state index contributed by atoms with van der Waals surface area (Å²) >= 11 is 2.82. The molecular weight excluding hydrogens is 260 g/mol. The molecule has 0 spiro atoms. The largest absolute Gasteiger partial charge is 0.466 e. The quantitative estimate of drug-likeness (QED) is 0.558. The van der Waals surface area contributed by atoms with Crippen LogP contribution in [0, 0.1) is 6.92 Å². The predicted molar refractivity (Wildman–Crippen MR) is 66.2 cm³/mol. The van der Waals surface area contributed by atoms with Crippen molar-refractivity contribution in [3.63, 3.8) is 0 Å². The van der Waals surface area contributed by atoms with Gasteiger partial charge in [-0.2, -0.15) is 0 Å². The van der Waals surface area contributed by atoms with Crippen LogP contribution in [0.3, 0.4) is 0 Å². The average Bonchev–Trinajstić information content (AvgIpc) is 2.70. The van der Waals surface area contributed by atoms with Crippen molar-refractivity contribution in [3.05, 3.63) is 5.01 Å². The number of hydrogen-bond acceptors (Lipinski definition) is 7. The number of rotatable bonds is 7. The van der Waals surface area contributed by atoms with Crippen LogP contribution in [-0.4, -0.2) is 34.3 Å². The minimum atomic E-state index is -0.322. The van der Waals surface area contributed by atoms with E-state index in [9.17, 15) is 9.59 Å². The Kier molecular flexibility index (Phi) is 6.13. The Morgan fingerprint density at radius 2 is 2.12 bits per heavy atom. The monoisotopic (exact) mass is 274 g/mol. The zero-order chi connectivity index (χ0) is 12.7. The summed E-state index contributed by atoms with van der Waals surface area (Å²) in [4.78, 5) is 22.5. The van der Waals surface area contributed by atoms with Gasteiger partial charge in [-0.3, -0.25) is 9.59 Å². The van der Waals surface area contributed by atoms with Gasteiger partial charge in [-0.15, -0.1) is 10.2 Å². The highest BCUT2D eigenvalue weighted by Gasteiger charge is 2.09. The summed E-state index contributed by atoms with van der Waals surface area (Å²) in [6.45, 7) is 3.96. The highest BCUT2D eigenvalue weighted by atomic mass is 32.2. The van der Waals surface area contributed by atoms with Crippen LogP contribution in [0.1, 0.15) is 24.8 Å². The van der Waals surface area contributed by atoms with Gasteiger partial charge in [0.1, 0.15) is 10.8 Å². The molecule has 94 valence electrons. The maximum absolute atomic E-state index is 11.5. The van der Waals surface area contributed by atoms with E-state index in [1.807, 2.05) is 6.92 Å². The Morgan fingerprint density at radius 3 is 2.71 bits per heavy atom. The molecule has 0 aliphatic rings. The molecule has 0 aromatic carbocycles. The first-order valence-corrected chi connectivity index (χ1v) is 7.02. The standard InChI is InChI=1S/C10H14N2O3S2/c1-3-15-9(14)5-4-8(13)6-16-10-12-11-7(2)17-10/h3-6H2,1-2H3. The maximum atomic E-state index is 11.5. The second-order valence-electron chi connectivity index (χ2n) is 3.22. The van der Waals surface area contributed by atoms with Crippen LogP contribution in [-0.2, 0) is 14.3 Å². The van der Waals surface area contributed by atoms with E-state index in [4.69, 9.17) is 4.74 Å². The Labute approximate surface area is 108 Å². The lowest BCUT2D eigenvalue weighted by Gasteiger charge is -2.00. The van der Waals surface area contributed by atoms with E-state index >= 15 is 0 Å². The van der Waals surface area contributed by atoms with Crippen molar-refractivity contribution in [2.75, 3.05) is 12.4 Å². The molecule has 0 N–H and O–H groups in total. The minimum Gasteiger partial charge on any atom is -0.466 e. The first kappa shape index (κ1) is 14.1. The smallest absolute Gasteiger partial charge is 0.306 e. The van der Waals surface area contributed by atoms with Gasteiger partial charge < -0.3 is 4.74 Å². The lowest BCUT2D eigenvalue weighted by atomic mass is 10.2. The Balaban J connectivity index is 2.19. The number of esters is 1. The molecule has 17 heavy (non-hydrogen) atoms. The van der Waals surface area contributed by atoms with E-state index in [-0.39, 0.29) is 24.6 Å². The van der Waals surface area contributed by atoms with Crippen LogP contribution in [0.15, 0.2) is 4.34 Å². The molecule has 1 aromatic rings. The van der Waals surface area contributed by atoms with E-state index in [0.717, 1.165) is 9.35 Å². The topological polar surface area (TPSA) is 69.2 Å². The van der Waals surface area contributed by atoms with Crippen molar-refractivity contribution in [3.8, 4) is 0 Å². The Hall–Kier alpha value is -0.950. The predicted octanol–water partition coefficient (Wildman–Crippen LogP) is 1.85. The zero-order valence-electron chi connectivity index (χ0n) is 9.76. The highest BCUT2D eigenvalue weighted by molar-refractivity contribution is 8.01. The second kappa shape index (κ2) is 7.39. The van der Waals surface area contributed by atoms with Gasteiger partial charge in [0.05, 0.1) is 18.8 Å². The summed E-state index contributed by atoms with van der Waals surface area (Å²) in [5.74, 6) is 0.0297. The molecule has 0 unspecified atom stereocenters. The number of nitrogens with zero attached hydrogens (tertiary/aromatic N) is 2. The van der Waals surface area contributed by atoms with Gasteiger partial charge in [0, 0.05) is 6.42 Å². The molecule has 1 aromatic heterocycles. The van der Waals surface area contributed by atoms with Crippen LogP contribution in [0.25, 0.3) is 0 Å². The number of Topliss-reactive ketones (excluding diaryl/α,β-unsaturated/α-hetero) is 1. The third-order valence-electron chi connectivity index (χ3n) is 1.78. The van der Waals surface area contributed by atoms with E-state index in [0.29, 0.717) is 12.4 Å². The molecular formula is C10H14N2O3S2. The van der Waals surface area contributed by atoms with Crippen molar-refractivity contribution in [2.45, 2.75) is 31.0 Å². The lowest BCUT2D eigenvalue weighted by Crippen LogP contribution is -2.08. The number of carbonyl (C=O) groups excluding carboxylic acids is 2. The van der Waals surface area contributed by atoms with Crippen molar-refractivity contribution in [1.82, 2.24) is 10.2 Å². The summed E-state index contributed by atoms with van der Waals surface area (Å²) in [6.07, 6.45) is 0.381. The molecule has 0 saturated heterocycles. The number of thioether (sulfide) groups is 1. The zero-order valence-corrected chi connectivity index (χ0v) is 11.4. The van der Waals surface area contributed by atoms with Gasteiger partial charge in [0.2, 0.25) is 0 Å². The fraction of sp³-hybridized carbons (Fsp3) is 0.600. The molecule has 0 aliphatic heterocycles. The average molecular weight is 274 g/mol. The second-order valence-corrected chi connectivity index (χ2v) is 5.62. The first-order valence-electron chi connectivity index (χ1n) is 5.22. The molecule has 1 heterocycles. The number of carbonyl (C=O) groups is 2. The molecule has 7 heteroatoms. The van der Waals surface area contributed by atoms with E-state index in [1.54, 1.807) is 6.92 Å². The van der Waals surface area contributed by atoms with E-state index in [1.165, 1.54) is 23.1 Å². The molecule has 0 bridgehead atoms. The number of aryl methyl sites for hydroxylation is 1. The van der Waals surface area contributed by atoms with Gasteiger partial charge in [-0.25, -0.2) is 0 Å². The SMILES string of the molecule is CCOC(=O)CCC(=O)CSc1nnc(C)s1. The van der Waals surface area contributed by atoms with Crippen LogP contribution in [0.5, 0.6) is 0 Å². The summed E-state index contributed by atoms with van der Waals surface area (Å²) in [5.41, 5.74) is 0. The summed E-state index contributed by atoms with van der Waals surface area (Å²) in [5, 5.41) is 8.64. The molecule has 0 atom stereocenters. The fourth-order valence-corrected chi connectivity index (χ4v) is 2.74. The molecule has 0 aliphatic carbocycles. The number of ketones is 1. The van der Waals surface area contributed by atoms with Gasteiger partial charge in [0.15, 0.2) is 4.34 Å². The van der Waals surface area contributed by atoms with Gasteiger partial charge in [0.25, 0.3) is 0 Å². The van der Waals surface area contributed by atoms with Gasteiger partial charge in [-0.1, -0.05) is 23.1 Å². The minimum absolute atomic E-state index is 0.0240. The van der Waals surface area contributed by atoms with Crippen LogP contribution in [0.2, 0.25) is 0 Å². The van der Waals surface area contributed by atoms with Gasteiger partial charge >= 0.3 is 5.97 Å². The van der Waals surface area contributed by atoms with Crippen molar-refractivity contribution in [1.29, 1.82) is 0 Å². The fourth-order valence-electron chi connectivity index (χ4n) is 1.03. The Bertz CT molecular complexity index is 393. The third kappa shape index (κ3) is 5.78. The van der Waals surface area contributed by atoms with E-state index in [2.05, 4.69) is 10.2 Å². The summed E-state index contributed by atoms with van der Waals surface area (Å²) < 4.78 is 5.52. The van der Waals surface area contributed by atoms with Crippen LogP contribution in [0.4, 0.5) is 0 Å².